The van der Waals surface area contributed by atoms with E-state index in [0.717, 1.165) is 24.8 Å². The molecule has 0 bridgehead atoms. The summed E-state index contributed by atoms with van der Waals surface area (Å²) < 4.78 is 10.6. The molecule has 0 fully saturated rings. The number of rotatable bonds is 11. The van der Waals surface area contributed by atoms with E-state index in [9.17, 15) is 4.79 Å². The number of carbonyl (C=O) groups is 1. The summed E-state index contributed by atoms with van der Waals surface area (Å²) in [4.78, 5) is 15.7. The molecular weight excluding hydrogens is 386 g/mol. The molecule has 2 aromatic rings. The summed E-state index contributed by atoms with van der Waals surface area (Å²) in [6, 6.07) is 5.53. The van der Waals surface area contributed by atoms with Gasteiger partial charge in [-0.25, -0.2) is 4.98 Å². The molecule has 0 spiro atoms. The molecule has 0 aliphatic heterocycles. The Kier molecular flexibility index (Phi) is 9.07. The summed E-state index contributed by atoms with van der Waals surface area (Å²) in [5, 5.41) is 7.12. The van der Waals surface area contributed by atoms with Gasteiger partial charge in [0, 0.05) is 5.38 Å². The van der Waals surface area contributed by atoms with Crippen molar-refractivity contribution in [1.82, 2.24) is 4.98 Å². The molecule has 0 radical (unpaired) electrons. The van der Waals surface area contributed by atoms with Crippen LogP contribution in [-0.2, 0) is 16.0 Å². The lowest BCUT2D eigenvalue weighted by atomic mass is 10.2. The van der Waals surface area contributed by atoms with Gasteiger partial charge < -0.3 is 9.47 Å². The number of esters is 1. The number of nitrogens with zero attached hydrogens (tertiary/aromatic N) is 2. The van der Waals surface area contributed by atoms with Crippen LogP contribution >= 0.6 is 22.9 Å². The fourth-order valence-electron chi connectivity index (χ4n) is 2.21. The molecule has 8 heteroatoms. The Balaban J connectivity index is 1.84. The van der Waals surface area contributed by atoms with E-state index in [2.05, 4.69) is 22.4 Å². The third-order valence-electron chi connectivity index (χ3n) is 3.52. The molecule has 1 heterocycles. The van der Waals surface area contributed by atoms with Crippen LogP contribution in [0.15, 0.2) is 28.7 Å². The number of unbranched alkanes of at least 4 members (excludes halogenated alkanes) is 2. The first-order valence-electron chi connectivity index (χ1n) is 8.93. The van der Waals surface area contributed by atoms with Gasteiger partial charge in [-0.2, -0.15) is 5.10 Å². The number of hydrazone groups is 1. The van der Waals surface area contributed by atoms with Gasteiger partial charge in [-0.15, -0.1) is 11.3 Å². The lowest BCUT2D eigenvalue weighted by molar-refractivity contribution is -0.142. The normalized spacial score (nSPS) is 10.9. The minimum atomic E-state index is -0.288. The number of thiazole rings is 1. The van der Waals surface area contributed by atoms with Crippen LogP contribution in [0.25, 0.3) is 0 Å². The average molecular weight is 410 g/mol. The van der Waals surface area contributed by atoms with E-state index < -0.39 is 0 Å². The van der Waals surface area contributed by atoms with E-state index in [1.54, 1.807) is 24.6 Å². The summed E-state index contributed by atoms with van der Waals surface area (Å²) in [5.41, 5.74) is 4.35. The van der Waals surface area contributed by atoms with Crippen LogP contribution in [0.1, 0.15) is 44.4 Å². The molecule has 0 amide bonds. The smallest absolute Gasteiger partial charge is 0.311 e. The largest absolute Gasteiger partial charge is 0.492 e. The van der Waals surface area contributed by atoms with Gasteiger partial charge in [0.05, 0.1) is 36.6 Å². The maximum atomic E-state index is 11.4. The minimum absolute atomic E-state index is 0.158. The predicted octanol–water partition coefficient (Wildman–Crippen LogP) is 4.92. The quantitative estimate of drug-likeness (QED) is 0.247. The number of benzene rings is 1. The zero-order valence-corrected chi connectivity index (χ0v) is 17.1. The molecule has 0 atom stereocenters. The lowest BCUT2D eigenvalue weighted by Crippen LogP contribution is -2.07. The number of aromatic nitrogens is 1. The van der Waals surface area contributed by atoms with Gasteiger partial charge in [0.25, 0.3) is 0 Å². The zero-order chi connectivity index (χ0) is 19.5. The number of halogens is 1. The number of anilines is 1. The first-order chi connectivity index (χ1) is 13.1. The average Bonchev–Trinajstić information content (AvgIpc) is 3.07. The van der Waals surface area contributed by atoms with E-state index in [4.69, 9.17) is 21.1 Å². The maximum absolute atomic E-state index is 11.4. The van der Waals surface area contributed by atoms with E-state index in [1.165, 1.54) is 11.3 Å². The third kappa shape index (κ3) is 7.56. The Morgan fingerprint density at radius 1 is 1.37 bits per heavy atom. The fourth-order valence-corrected chi connectivity index (χ4v) is 3.11. The highest BCUT2D eigenvalue weighted by Crippen LogP contribution is 2.25. The molecule has 27 heavy (non-hydrogen) atoms. The second kappa shape index (κ2) is 11.6. The Hall–Kier alpha value is -2.12. The van der Waals surface area contributed by atoms with E-state index in [0.29, 0.717) is 34.8 Å². The summed E-state index contributed by atoms with van der Waals surface area (Å²) >= 11 is 7.63. The topological polar surface area (TPSA) is 72.8 Å². The van der Waals surface area contributed by atoms with Crippen molar-refractivity contribution in [3.63, 3.8) is 0 Å². The summed E-state index contributed by atoms with van der Waals surface area (Å²) in [6.45, 7) is 4.96. The van der Waals surface area contributed by atoms with Gasteiger partial charge >= 0.3 is 5.97 Å². The molecule has 0 aliphatic rings. The number of carbonyl (C=O) groups excluding carboxylic acids is 1. The molecule has 0 unspecified atom stereocenters. The van der Waals surface area contributed by atoms with Gasteiger partial charge in [-0.05, 0) is 37.1 Å². The van der Waals surface area contributed by atoms with Crippen LogP contribution in [0.3, 0.4) is 0 Å². The maximum Gasteiger partial charge on any atom is 0.311 e. The van der Waals surface area contributed by atoms with Crippen molar-refractivity contribution in [2.24, 2.45) is 5.10 Å². The van der Waals surface area contributed by atoms with Crippen LogP contribution in [-0.4, -0.2) is 30.4 Å². The second-order valence-corrected chi connectivity index (χ2v) is 7.01. The van der Waals surface area contributed by atoms with Crippen molar-refractivity contribution < 1.29 is 14.3 Å². The number of nitrogens with one attached hydrogen (secondary N) is 1. The highest BCUT2D eigenvalue weighted by molar-refractivity contribution is 7.13. The van der Waals surface area contributed by atoms with Gasteiger partial charge in [-0.1, -0.05) is 31.4 Å². The summed E-state index contributed by atoms with van der Waals surface area (Å²) in [5.74, 6) is 0.394. The molecular formula is C19H24ClN3O3S. The van der Waals surface area contributed by atoms with Crippen LogP contribution in [0, 0.1) is 0 Å². The molecule has 0 saturated heterocycles. The molecule has 6 nitrogen and oxygen atoms in total. The Bertz CT molecular complexity index is 764. The van der Waals surface area contributed by atoms with Crippen molar-refractivity contribution in [1.29, 1.82) is 0 Å². The molecule has 1 N–H and O–H groups in total. The summed E-state index contributed by atoms with van der Waals surface area (Å²) in [6.07, 6.45) is 5.13. The van der Waals surface area contributed by atoms with Crippen molar-refractivity contribution >= 4 is 40.3 Å². The first kappa shape index (κ1) is 21.2. The van der Waals surface area contributed by atoms with Crippen molar-refractivity contribution in [2.45, 2.75) is 39.5 Å². The van der Waals surface area contributed by atoms with Gasteiger partial charge in [-0.3, -0.25) is 10.2 Å². The van der Waals surface area contributed by atoms with Crippen LogP contribution in [0.5, 0.6) is 5.75 Å². The van der Waals surface area contributed by atoms with Crippen molar-refractivity contribution in [2.75, 3.05) is 18.6 Å². The third-order valence-corrected chi connectivity index (χ3v) is 4.61. The van der Waals surface area contributed by atoms with Crippen molar-refractivity contribution in [3.05, 3.63) is 39.9 Å². The van der Waals surface area contributed by atoms with Gasteiger partial charge in [0.2, 0.25) is 5.13 Å². The van der Waals surface area contributed by atoms with Gasteiger partial charge in [0.1, 0.15) is 5.75 Å². The molecule has 2 rings (SSSR count). The number of ether oxygens (including phenoxy) is 2. The van der Waals surface area contributed by atoms with Crippen LogP contribution < -0.4 is 10.2 Å². The first-order valence-corrected chi connectivity index (χ1v) is 10.2. The number of hydrogen-bond acceptors (Lipinski definition) is 7. The SMILES string of the molecule is CCCCCOc1ccc(C=NNc2nc(CC(=O)OCC)cs2)cc1Cl. The molecule has 1 aromatic carbocycles. The molecule has 1 aromatic heterocycles. The molecule has 0 saturated carbocycles. The van der Waals surface area contributed by atoms with E-state index in [-0.39, 0.29) is 12.4 Å². The highest BCUT2D eigenvalue weighted by atomic mass is 35.5. The summed E-state index contributed by atoms with van der Waals surface area (Å²) in [7, 11) is 0. The minimum Gasteiger partial charge on any atom is -0.492 e. The Morgan fingerprint density at radius 2 is 2.22 bits per heavy atom. The molecule has 0 aliphatic carbocycles. The molecule has 146 valence electrons. The highest BCUT2D eigenvalue weighted by Gasteiger charge is 2.08. The van der Waals surface area contributed by atoms with E-state index >= 15 is 0 Å². The van der Waals surface area contributed by atoms with Crippen LogP contribution in [0.4, 0.5) is 5.13 Å². The Labute approximate surface area is 168 Å². The van der Waals surface area contributed by atoms with E-state index in [1.807, 2.05) is 12.1 Å². The predicted molar refractivity (Wildman–Crippen MR) is 110 cm³/mol. The van der Waals surface area contributed by atoms with Crippen molar-refractivity contribution in [3.8, 4) is 5.75 Å². The lowest BCUT2D eigenvalue weighted by Gasteiger charge is -2.08. The zero-order valence-electron chi connectivity index (χ0n) is 15.5. The Morgan fingerprint density at radius 3 is 2.96 bits per heavy atom. The number of hydrogen-bond donors (Lipinski definition) is 1. The second-order valence-electron chi connectivity index (χ2n) is 5.74. The standard InChI is InChI=1S/C19H24ClN3O3S/c1-3-5-6-9-26-17-8-7-14(10-16(17)20)12-21-23-19-22-15(13-27-19)11-18(24)25-4-2/h7-8,10,12-13H,3-6,9,11H2,1-2H3,(H,22,23). The van der Waals surface area contributed by atoms with Gasteiger partial charge in [0.15, 0.2) is 0 Å². The van der Waals surface area contributed by atoms with Crippen LogP contribution in [0.2, 0.25) is 5.02 Å². The fraction of sp³-hybridized carbons (Fsp3) is 0.421. The monoisotopic (exact) mass is 409 g/mol.